The number of ketones is 1. The van der Waals surface area contributed by atoms with Crippen LogP contribution in [0.4, 0.5) is 0 Å². The second kappa shape index (κ2) is 16.3. The average Bonchev–Trinajstić information content (AvgIpc) is 3.85. The smallest absolute Gasteiger partial charge is 0.503 e. The van der Waals surface area contributed by atoms with Crippen LogP contribution in [0.3, 0.4) is 0 Å². The summed E-state index contributed by atoms with van der Waals surface area (Å²) in [4.78, 5) is 45.1. The highest BCUT2D eigenvalue weighted by Crippen LogP contribution is 2.50. The quantitative estimate of drug-likeness (QED) is 0.114. The third-order valence-electron chi connectivity index (χ3n) is 13.7. The number of likely N-dealkylation sites (tertiary alicyclic amines) is 1. The lowest BCUT2D eigenvalue weighted by atomic mass is 9.68. The Kier molecular flexibility index (Phi) is 10.5. The van der Waals surface area contributed by atoms with Gasteiger partial charge in [0, 0.05) is 48.3 Å². The fourth-order valence-corrected chi connectivity index (χ4v) is 10.3. The van der Waals surface area contributed by atoms with E-state index in [1.54, 1.807) is 18.2 Å². The summed E-state index contributed by atoms with van der Waals surface area (Å²) in [5.41, 5.74) is 17.0. The molecule has 10 nitrogen and oxygen atoms in total. The van der Waals surface area contributed by atoms with Gasteiger partial charge in [0.2, 0.25) is 11.4 Å². The van der Waals surface area contributed by atoms with E-state index in [1.165, 1.54) is 5.56 Å². The summed E-state index contributed by atoms with van der Waals surface area (Å²) in [6, 6.07) is 42.3. The number of ether oxygens (including phenoxy) is 1. The zero-order chi connectivity index (χ0) is 42.4. The van der Waals surface area contributed by atoms with Gasteiger partial charge in [-0.1, -0.05) is 115 Å². The Bertz CT molecular complexity index is 2690. The number of nitrogens with one attached hydrogen (secondary N) is 1. The number of amides is 1. The van der Waals surface area contributed by atoms with Gasteiger partial charge in [-0.3, -0.25) is 9.59 Å². The molecule has 10 rings (SSSR count). The van der Waals surface area contributed by atoms with Crippen LogP contribution in [0.25, 0.3) is 10.8 Å². The van der Waals surface area contributed by atoms with Crippen LogP contribution in [0.2, 0.25) is 0 Å². The second-order valence-electron chi connectivity index (χ2n) is 17.1. The molecule has 3 fully saturated rings. The molecule has 6 aromatic rings. The summed E-state index contributed by atoms with van der Waals surface area (Å²) in [7, 11) is -1.06. The van der Waals surface area contributed by atoms with Crippen LogP contribution in [-0.2, 0) is 38.2 Å². The third-order valence-corrected chi connectivity index (χ3v) is 13.7. The molecule has 62 heavy (non-hydrogen) atoms. The Hall–Kier alpha value is -6.11. The van der Waals surface area contributed by atoms with Gasteiger partial charge in [0.05, 0.1) is 0 Å². The molecule has 1 unspecified atom stereocenters. The molecule has 0 saturated carbocycles. The summed E-state index contributed by atoms with van der Waals surface area (Å²) in [6.07, 6.45) is 2.56. The molecule has 6 aromatic carbocycles. The van der Waals surface area contributed by atoms with Crippen LogP contribution in [0.5, 0.6) is 5.75 Å². The first-order chi connectivity index (χ1) is 30.3. The minimum Gasteiger partial charge on any atom is -0.503 e. The molecule has 312 valence electrons. The minimum absolute atomic E-state index is 0.0708. The van der Waals surface area contributed by atoms with Gasteiger partial charge >= 0.3 is 13.1 Å². The van der Waals surface area contributed by atoms with Crippen LogP contribution in [0.15, 0.2) is 133 Å². The number of rotatable bonds is 9. The average molecular weight is 825 g/mol. The molecule has 0 bridgehead atoms. The summed E-state index contributed by atoms with van der Waals surface area (Å²) in [5, 5.41) is 5.03. The van der Waals surface area contributed by atoms with E-state index < -0.39 is 30.2 Å². The van der Waals surface area contributed by atoms with Crippen LogP contribution in [0, 0.1) is 0 Å². The molecule has 1 spiro atoms. The van der Waals surface area contributed by atoms with E-state index in [1.807, 2.05) is 95.9 Å². The highest BCUT2D eigenvalue weighted by atomic mass is 16.7. The number of fused-ring (bicyclic) bond motifs is 3. The Balaban J connectivity index is 0.926. The fourth-order valence-electron chi connectivity index (χ4n) is 10.3. The van der Waals surface area contributed by atoms with Crippen molar-refractivity contribution in [1.29, 1.82) is 0 Å². The predicted molar refractivity (Wildman–Crippen MR) is 239 cm³/mol. The maximum Gasteiger partial charge on any atom is 0.566 e. The number of benzene rings is 6. The Morgan fingerprint density at radius 2 is 1.50 bits per heavy atom. The van der Waals surface area contributed by atoms with Gasteiger partial charge < -0.3 is 35.7 Å². The highest BCUT2D eigenvalue weighted by Gasteiger charge is 2.56. The summed E-state index contributed by atoms with van der Waals surface area (Å²) >= 11 is 0. The standard InChI is InChI=1S/C51H49BN4O6/c53-31-33-7-4-8-36(27-33)35-19-25-56(26-20-35)48(58)38-10-5-13-40(29-38)51(39-11-2-1-3-12-39)49(59)61-52(62-51)41-16-17-42-37(30-41)9-6-14-43(42)46(57)47-50(21-23-55-24-22-50)44-28-34(32-54)15-18-45(44)60-47/h1-18,27-30,35,47,55H,19-26,31-32,53-54H2/t47?,51-/m1/s1. The van der Waals surface area contributed by atoms with Crippen molar-refractivity contribution < 1.29 is 28.4 Å². The van der Waals surface area contributed by atoms with Crippen molar-refractivity contribution in [3.63, 3.8) is 0 Å². The van der Waals surface area contributed by atoms with Crippen molar-refractivity contribution in [2.75, 3.05) is 26.2 Å². The summed E-state index contributed by atoms with van der Waals surface area (Å²) in [6.45, 7) is 3.73. The molecule has 2 atom stereocenters. The minimum atomic E-state index is -1.64. The van der Waals surface area contributed by atoms with Crippen LogP contribution >= 0.6 is 0 Å². The van der Waals surface area contributed by atoms with Gasteiger partial charge in [-0.2, -0.15) is 0 Å². The lowest BCUT2D eigenvalue weighted by Gasteiger charge is -2.37. The fraction of sp³-hybridized carbons (Fsp3) is 0.275. The number of carbonyl (C=O) groups is 3. The lowest BCUT2D eigenvalue weighted by Crippen LogP contribution is -2.50. The number of piperidine rings is 2. The van der Waals surface area contributed by atoms with Crippen molar-refractivity contribution >= 4 is 41.0 Å². The molecule has 4 heterocycles. The molecular formula is C51H49BN4O6. The van der Waals surface area contributed by atoms with E-state index in [0.29, 0.717) is 59.8 Å². The van der Waals surface area contributed by atoms with Crippen molar-refractivity contribution in [1.82, 2.24) is 10.2 Å². The van der Waals surface area contributed by atoms with E-state index in [4.69, 9.17) is 25.5 Å². The zero-order valence-corrected chi connectivity index (χ0v) is 34.6. The number of nitrogens with zero attached hydrogens (tertiary/aromatic N) is 1. The van der Waals surface area contributed by atoms with E-state index >= 15 is 0 Å². The maximum atomic E-state index is 14.7. The number of nitrogens with two attached hydrogens (primary N) is 2. The van der Waals surface area contributed by atoms with E-state index in [2.05, 4.69) is 29.6 Å². The Morgan fingerprint density at radius 3 is 2.29 bits per heavy atom. The summed E-state index contributed by atoms with van der Waals surface area (Å²) < 4.78 is 19.5. The zero-order valence-electron chi connectivity index (χ0n) is 34.6. The van der Waals surface area contributed by atoms with Gasteiger partial charge in [-0.15, -0.1) is 0 Å². The molecular weight excluding hydrogens is 775 g/mol. The van der Waals surface area contributed by atoms with Gasteiger partial charge in [0.15, 0.2) is 6.10 Å². The maximum absolute atomic E-state index is 14.7. The van der Waals surface area contributed by atoms with Gasteiger partial charge in [0.1, 0.15) is 5.75 Å². The summed E-state index contributed by atoms with van der Waals surface area (Å²) in [5.74, 6) is 0.358. The van der Waals surface area contributed by atoms with Crippen molar-refractivity contribution in [2.45, 2.75) is 61.8 Å². The number of hydrogen-bond acceptors (Lipinski definition) is 9. The first-order valence-electron chi connectivity index (χ1n) is 21.7. The van der Waals surface area contributed by atoms with Crippen LogP contribution < -0.4 is 27.0 Å². The molecule has 0 aromatic heterocycles. The number of Topliss-reactive ketones (excluding diaryl/α,β-unsaturated/α-hetero) is 1. The predicted octanol–water partition coefficient (Wildman–Crippen LogP) is 6.25. The van der Waals surface area contributed by atoms with Gasteiger partial charge in [-0.25, -0.2) is 4.79 Å². The van der Waals surface area contributed by atoms with Crippen LogP contribution in [-0.4, -0.2) is 62.0 Å². The molecule has 1 amide bonds. The monoisotopic (exact) mass is 824 g/mol. The molecule has 0 radical (unpaired) electrons. The normalized spacial score (nSPS) is 20.9. The molecule has 4 aliphatic rings. The van der Waals surface area contributed by atoms with Gasteiger partial charge in [-0.05, 0) is 107 Å². The van der Waals surface area contributed by atoms with Crippen molar-refractivity contribution in [3.8, 4) is 5.75 Å². The second-order valence-corrected chi connectivity index (χ2v) is 17.1. The van der Waals surface area contributed by atoms with E-state index in [0.717, 1.165) is 72.0 Å². The third kappa shape index (κ3) is 6.80. The van der Waals surface area contributed by atoms with Gasteiger partial charge in [0.25, 0.3) is 5.91 Å². The SMILES string of the molecule is NCc1cccc(C2CCN(C(=O)c3cccc([C@@]4(c5ccccc5)OB(c5ccc6c(C(=O)C7Oc8ccc(CN)cc8C78CCNCC8)cccc6c5)OC4=O)c3)CC2)c1. The van der Waals surface area contributed by atoms with Crippen LogP contribution in [0.1, 0.15) is 85.7 Å². The number of hydrogen-bond donors (Lipinski definition) is 3. The lowest BCUT2D eigenvalue weighted by molar-refractivity contribution is -0.141. The molecule has 11 heteroatoms. The van der Waals surface area contributed by atoms with Crippen molar-refractivity contribution in [3.05, 3.63) is 178 Å². The molecule has 0 aliphatic carbocycles. The first-order valence-corrected chi connectivity index (χ1v) is 21.7. The van der Waals surface area contributed by atoms with E-state index in [-0.39, 0.29) is 11.7 Å². The molecule has 3 saturated heterocycles. The largest absolute Gasteiger partial charge is 0.566 e. The van der Waals surface area contributed by atoms with E-state index in [9.17, 15) is 14.4 Å². The van der Waals surface area contributed by atoms with Crippen molar-refractivity contribution in [2.24, 2.45) is 11.5 Å². The first kappa shape index (κ1) is 40.0. The Labute approximate surface area is 361 Å². The topological polar surface area (TPSA) is 146 Å². The highest BCUT2D eigenvalue weighted by molar-refractivity contribution is 6.65. The number of carbonyl (C=O) groups excluding carboxylic acids is 3. The molecule has 4 aliphatic heterocycles. The Morgan fingerprint density at radius 1 is 0.758 bits per heavy atom. The molecule has 5 N–H and O–H groups in total.